The van der Waals surface area contributed by atoms with Crippen LogP contribution in [0.4, 0.5) is 4.39 Å². The maximum Gasteiger partial charge on any atom is 0.128 e. The maximum atomic E-state index is 14.1. The van der Waals surface area contributed by atoms with E-state index in [0.717, 1.165) is 43.7 Å². The average molecular weight is 248 g/mol. The molecule has 0 unspecified atom stereocenters. The highest BCUT2D eigenvalue weighted by Crippen LogP contribution is 2.27. The van der Waals surface area contributed by atoms with E-state index in [-0.39, 0.29) is 11.9 Å². The molecule has 3 heteroatoms. The Morgan fingerprint density at radius 3 is 2.78 bits per heavy atom. The van der Waals surface area contributed by atoms with Gasteiger partial charge < -0.3 is 5.32 Å². The molecule has 0 saturated carbocycles. The van der Waals surface area contributed by atoms with E-state index in [9.17, 15) is 4.39 Å². The van der Waals surface area contributed by atoms with Gasteiger partial charge in [0.15, 0.2) is 0 Å². The van der Waals surface area contributed by atoms with Crippen molar-refractivity contribution in [3.05, 3.63) is 47.8 Å². The second-order valence-electron chi connectivity index (χ2n) is 4.85. The first-order valence-electron chi connectivity index (χ1n) is 6.54. The Bertz CT molecular complexity index is 411. The molecular weight excluding hydrogens is 227 g/mol. The lowest BCUT2D eigenvalue weighted by molar-refractivity contribution is 0.171. The summed E-state index contributed by atoms with van der Waals surface area (Å²) >= 11 is 0. The van der Waals surface area contributed by atoms with Crippen LogP contribution in [-0.4, -0.2) is 31.1 Å². The Morgan fingerprint density at radius 2 is 2.17 bits per heavy atom. The molecule has 1 fully saturated rings. The van der Waals surface area contributed by atoms with Crippen LogP contribution in [0, 0.1) is 12.7 Å². The van der Waals surface area contributed by atoms with Crippen molar-refractivity contribution in [2.75, 3.05) is 26.2 Å². The second-order valence-corrected chi connectivity index (χ2v) is 4.85. The topological polar surface area (TPSA) is 15.3 Å². The Hall–Kier alpha value is -1.19. The van der Waals surface area contributed by atoms with Crippen molar-refractivity contribution in [3.63, 3.8) is 0 Å². The SMILES string of the molecule is C=CC[C@H](c1ccc(C)cc1F)N1CCNCC1. The summed E-state index contributed by atoms with van der Waals surface area (Å²) in [5, 5.41) is 3.33. The first-order valence-corrected chi connectivity index (χ1v) is 6.54. The quantitative estimate of drug-likeness (QED) is 0.824. The molecule has 18 heavy (non-hydrogen) atoms. The van der Waals surface area contributed by atoms with Crippen molar-refractivity contribution in [3.8, 4) is 0 Å². The largest absolute Gasteiger partial charge is 0.314 e. The summed E-state index contributed by atoms with van der Waals surface area (Å²) in [5.41, 5.74) is 1.76. The number of halogens is 1. The van der Waals surface area contributed by atoms with Crippen LogP contribution in [0.25, 0.3) is 0 Å². The summed E-state index contributed by atoms with van der Waals surface area (Å²) in [7, 11) is 0. The lowest BCUT2D eigenvalue weighted by Gasteiger charge is -2.35. The van der Waals surface area contributed by atoms with Crippen molar-refractivity contribution >= 4 is 0 Å². The summed E-state index contributed by atoms with van der Waals surface area (Å²) < 4.78 is 14.1. The van der Waals surface area contributed by atoms with Gasteiger partial charge in [-0.2, -0.15) is 0 Å². The van der Waals surface area contributed by atoms with Crippen LogP contribution in [0.2, 0.25) is 0 Å². The Balaban J connectivity index is 2.24. The smallest absolute Gasteiger partial charge is 0.128 e. The minimum atomic E-state index is -0.0969. The number of rotatable bonds is 4. The van der Waals surface area contributed by atoms with E-state index in [0.29, 0.717) is 0 Å². The zero-order valence-corrected chi connectivity index (χ0v) is 11.0. The fourth-order valence-corrected chi connectivity index (χ4v) is 2.53. The van der Waals surface area contributed by atoms with Gasteiger partial charge in [-0.3, -0.25) is 4.90 Å². The van der Waals surface area contributed by atoms with Gasteiger partial charge in [-0.1, -0.05) is 18.2 Å². The summed E-state index contributed by atoms with van der Waals surface area (Å²) in [6, 6.07) is 5.63. The van der Waals surface area contributed by atoms with E-state index in [2.05, 4.69) is 16.8 Å². The van der Waals surface area contributed by atoms with Gasteiger partial charge in [-0.05, 0) is 25.0 Å². The molecule has 1 aliphatic rings. The summed E-state index contributed by atoms with van der Waals surface area (Å²) in [4.78, 5) is 2.34. The molecule has 1 aromatic carbocycles. The molecule has 1 aromatic rings. The lowest BCUT2D eigenvalue weighted by atomic mass is 9.99. The normalized spacial score (nSPS) is 18.6. The van der Waals surface area contributed by atoms with Crippen LogP contribution in [0.1, 0.15) is 23.6 Å². The number of hydrogen-bond donors (Lipinski definition) is 1. The van der Waals surface area contributed by atoms with E-state index in [1.807, 2.05) is 25.1 Å². The number of nitrogens with one attached hydrogen (secondary N) is 1. The van der Waals surface area contributed by atoms with Gasteiger partial charge in [0.1, 0.15) is 5.82 Å². The number of piperazine rings is 1. The molecule has 1 heterocycles. The molecule has 0 aliphatic carbocycles. The van der Waals surface area contributed by atoms with Crippen LogP contribution in [0.3, 0.4) is 0 Å². The van der Waals surface area contributed by atoms with Crippen LogP contribution in [0.5, 0.6) is 0 Å². The zero-order valence-electron chi connectivity index (χ0n) is 11.0. The van der Waals surface area contributed by atoms with Gasteiger partial charge in [0.25, 0.3) is 0 Å². The third kappa shape index (κ3) is 2.98. The minimum absolute atomic E-state index is 0.0969. The standard InChI is InChI=1S/C15H21FN2/c1-3-4-15(18-9-7-17-8-10-18)13-6-5-12(2)11-14(13)16/h3,5-6,11,15,17H,1,4,7-10H2,2H3/t15-/m1/s1. The first kappa shape index (κ1) is 13.2. The Kier molecular flexibility index (Phi) is 4.50. The van der Waals surface area contributed by atoms with Crippen molar-refractivity contribution in [2.45, 2.75) is 19.4 Å². The van der Waals surface area contributed by atoms with E-state index < -0.39 is 0 Å². The summed E-state index contributed by atoms with van der Waals surface area (Å²) in [6.45, 7) is 9.60. The zero-order chi connectivity index (χ0) is 13.0. The molecule has 0 radical (unpaired) electrons. The Labute approximate surface area is 108 Å². The number of nitrogens with zero attached hydrogens (tertiary/aromatic N) is 1. The third-order valence-electron chi connectivity index (χ3n) is 3.50. The first-order chi connectivity index (χ1) is 8.72. The molecule has 2 nitrogen and oxygen atoms in total. The summed E-state index contributed by atoms with van der Waals surface area (Å²) in [6.07, 6.45) is 2.67. The van der Waals surface area contributed by atoms with Gasteiger partial charge in [-0.25, -0.2) is 4.39 Å². The molecule has 98 valence electrons. The molecule has 0 spiro atoms. The van der Waals surface area contributed by atoms with Crippen LogP contribution >= 0.6 is 0 Å². The molecule has 1 aliphatic heterocycles. The van der Waals surface area contributed by atoms with Gasteiger partial charge in [-0.15, -0.1) is 6.58 Å². The van der Waals surface area contributed by atoms with E-state index in [1.54, 1.807) is 6.07 Å². The predicted molar refractivity (Wildman–Crippen MR) is 73.1 cm³/mol. The highest BCUT2D eigenvalue weighted by atomic mass is 19.1. The van der Waals surface area contributed by atoms with Gasteiger partial charge in [0.2, 0.25) is 0 Å². The average Bonchev–Trinajstić information content (AvgIpc) is 2.38. The van der Waals surface area contributed by atoms with Crippen LogP contribution in [-0.2, 0) is 0 Å². The minimum Gasteiger partial charge on any atom is -0.314 e. The summed E-state index contributed by atoms with van der Waals surface area (Å²) in [5.74, 6) is -0.0969. The monoisotopic (exact) mass is 248 g/mol. The fourth-order valence-electron chi connectivity index (χ4n) is 2.53. The molecule has 1 atom stereocenters. The molecule has 0 amide bonds. The van der Waals surface area contributed by atoms with E-state index in [1.165, 1.54) is 0 Å². The van der Waals surface area contributed by atoms with E-state index in [4.69, 9.17) is 0 Å². The number of benzene rings is 1. The molecule has 0 aromatic heterocycles. The van der Waals surface area contributed by atoms with Gasteiger partial charge in [0, 0.05) is 37.8 Å². The molecule has 1 saturated heterocycles. The van der Waals surface area contributed by atoms with Crippen molar-refractivity contribution in [2.24, 2.45) is 0 Å². The second kappa shape index (κ2) is 6.12. The molecule has 1 N–H and O–H groups in total. The third-order valence-corrected chi connectivity index (χ3v) is 3.50. The van der Waals surface area contributed by atoms with E-state index >= 15 is 0 Å². The maximum absolute atomic E-state index is 14.1. The predicted octanol–water partition coefficient (Wildman–Crippen LogP) is 2.66. The molecule has 0 bridgehead atoms. The van der Waals surface area contributed by atoms with Crippen LogP contribution in [0.15, 0.2) is 30.9 Å². The molecule has 2 rings (SSSR count). The van der Waals surface area contributed by atoms with Crippen molar-refractivity contribution in [1.29, 1.82) is 0 Å². The van der Waals surface area contributed by atoms with Gasteiger partial charge >= 0.3 is 0 Å². The fraction of sp³-hybridized carbons (Fsp3) is 0.467. The van der Waals surface area contributed by atoms with Crippen LogP contribution < -0.4 is 5.32 Å². The van der Waals surface area contributed by atoms with Gasteiger partial charge in [0.05, 0.1) is 0 Å². The highest BCUT2D eigenvalue weighted by molar-refractivity contribution is 5.26. The van der Waals surface area contributed by atoms with Crippen molar-refractivity contribution < 1.29 is 4.39 Å². The van der Waals surface area contributed by atoms with Crippen molar-refractivity contribution in [1.82, 2.24) is 10.2 Å². The highest BCUT2D eigenvalue weighted by Gasteiger charge is 2.23. The number of aryl methyl sites for hydroxylation is 1. The lowest BCUT2D eigenvalue weighted by Crippen LogP contribution is -2.45. The molecular formula is C15H21FN2. The number of hydrogen-bond acceptors (Lipinski definition) is 2. The Morgan fingerprint density at radius 1 is 1.44 bits per heavy atom.